The second-order valence-corrected chi connectivity index (χ2v) is 5.79. The van der Waals surface area contributed by atoms with Crippen LogP contribution in [0.5, 0.6) is 0 Å². The third-order valence-corrected chi connectivity index (χ3v) is 4.21. The van der Waals surface area contributed by atoms with Crippen LogP contribution in [-0.2, 0) is 9.59 Å². The zero-order valence-corrected chi connectivity index (χ0v) is 13.5. The van der Waals surface area contributed by atoms with E-state index in [1.807, 2.05) is 30.0 Å². The Balaban J connectivity index is 0.00000176. The predicted molar refractivity (Wildman–Crippen MR) is 89.7 cm³/mol. The van der Waals surface area contributed by atoms with E-state index >= 15 is 0 Å². The minimum atomic E-state index is -0.0786. The SMILES string of the molecule is Cc1cc(NC(=O)C2CCCN2)ccc1N1CCCC1=O.Cl. The van der Waals surface area contributed by atoms with Crippen LogP contribution < -0.4 is 15.5 Å². The highest BCUT2D eigenvalue weighted by molar-refractivity contribution is 5.98. The second kappa shape index (κ2) is 7.11. The van der Waals surface area contributed by atoms with Gasteiger partial charge in [-0.25, -0.2) is 0 Å². The van der Waals surface area contributed by atoms with Crippen LogP contribution in [0.25, 0.3) is 0 Å². The molecule has 1 aromatic carbocycles. The van der Waals surface area contributed by atoms with Crippen molar-refractivity contribution in [3.8, 4) is 0 Å². The van der Waals surface area contributed by atoms with Gasteiger partial charge in [0.15, 0.2) is 0 Å². The molecule has 1 aromatic rings. The van der Waals surface area contributed by atoms with E-state index in [0.29, 0.717) is 6.42 Å². The van der Waals surface area contributed by atoms with Crippen molar-refractivity contribution in [1.82, 2.24) is 5.32 Å². The molecule has 0 bridgehead atoms. The summed E-state index contributed by atoms with van der Waals surface area (Å²) in [5.41, 5.74) is 2.76. The van der Waals surface area contributed by atoms with Crippen LogP contribution in [0.4, 0.5) is 11.4 Å². The monoisotopic (exact) mass is 323 g/mol. The average molecular weight is 324 g/mol. The second-order valence-electron chi connectivity index (χ2n) is 5.79. The number of hydrogen-bond donors (Lipinski definition) is 2. The highest BCUT2D eigenvalue weighted by Gasteiger charge is 2.24. The lowest BCUT2D eigenvalue weighted by atomic mass is 10.1. The Kier molecular flexibility index (Phi) is 5.42. The van der Waals surface area contributed by atoms with Crippen molar-refractivity contribution >= 4 is 35.6 Å². The number of anilines is 2. The molecule has 2 saturated heterocycles. The van der Waals surface area contributed by atoms with Crippen molar-refractivity contribution in [2.45, 2.75) is 38.6 Å². The van der Waals surface area contributed by atoms with Gasteiger partial charge in [-0.2, -0.15) is 0 Å². The number of benzene rings is 1. The van der Waals surface area contributed by atoms with Crippen LogP contribution >= 0.6 is 12.4 Å². The van der Waals surface area contributed by atoms with Gasteiger partial charge in [0.1, 0.15) is 0 Å². The quantitative estimate of drug-likeness (QED) is 0.896. The maximum absolute atomic E-state index is 12.1. The molecule has 1 unspecified atom stereocenters. The first-order valence-corrected chi connectivity index (χ1v) is 7.60. The fourth-order valence-electron chi connectivity index (χ4n) is 3.08. The molecule has 0 spiro atoms. The van der Waals surface area contributed by atoms with Crippen LogP contribution in [0.1, 0.15) is 31.2 Å². The molecule has 1 atom stereocenters. The number of carbonyl (C=O) groups is 2. The molecule has 0 radical (unpaired) electrons. The minimum Gasteiger partial charge on any atom is -0.325 e. The molecule has 0 aromatic heterocycles. The number of hydrogen-bond acceptors (Lipinski definition) is 3. The Hall–Kier alpha value is -1.59. The molecule has 120 valence electrons. The van der Waals surface area contributed by atoms with Gasteiger partial charge in [-0.05, 0) is 56.5 Å². The number of nitrogens with one attached hydrogen (secondary N) is 2. The fraction of sp³-hybridized carbons (Fsp3) is 0.500. The normalized spacial score (nSPS) is 20.9. The van der Waals surface area contributed by atoms with Gasteiger partial charge in [0.2, 0.25) is 11.8 Å². The summed E-state index contributed by atoms with van der Waals surface area (Å²) < 4.78 is 0. The number of nitrogens with zero attached hydrogens (tertiary/aromatic N) is 1. The van der Waals surface area contributed by atoms with Crippen LogP contribution in [0.2, 0.25) is 0 Å². The Morgan fingerprint density at radius 1 is 1.36 bits per heavy atom. The van der Waals surface area contributed by atoms with Crippen LogP contribution in [0.15, 0.2) is 18.2 Å². The van der Waals surface area contributed by atoms with Crippen LogP contribution in [0.3, 0.4) is 0 Å². The zero-order valence-electron chi connectivity index (χ0n) is 12.7. The van der Waals surface area contributed by atoms with E-state index in [4.69, 9.17) is 0 Å². The third kappa shape index (κ3) is 3.42. The highest BCUT2D eigenvalue weighted by Crippen LogP contribution is 2.27. The summed E-state index contributed by atoms with van der Waals surface area (Å²) in [6, 6.07) is 5.66. The number of halogens is 1. The molecular formula is C16H22ClN3O2. The van der Waals surface area contributed by atoms with Gasteiger partial charge in [0, 0.05) is 24.3 Å². The van der Waals surface area contributed by atoms with E-state index in [1.54, 1.807) is 0 Å². The first kappa shape index (κ1) is 16.8. The first-order chi connectivity index (χ1) is 10.1. The summed E-state index contributed by atoms with van der Waals surface area (Å²) in [5.74, 6) is 0.210. The van der Waals surface area contributed by atoms with E-state index in [2.05, 4.69) is 10.6 Å². The lowest BCUT2D eigenvalue weighted by molar-refractivity contribution is -0.118. The highest BCUT2D eigenvalue weighted by atomic mass is 35.5. The minimum absolute atomic E-state index is 0. The molecule has 22 heavy (non-hydrogen) atoms. The summed E-state index contributed by atoms with van der Waals surface area (Å²) in [6.45, 7) is 3.68. The van der Waals surface area contributed by atoms with Gasteiger partial charge in [0.05, 0.1) is 6.04 Å². The van der Waals surface area contributed by atoms with Gasteiger partial charge >= 0.3 is 0 Å². The van der Waals surface area contributed by atoms with Crippen LogP contribution in [0, 0.1) is 6.92 Å². The molecule has 2 aliphatic rings. The average Bonchev–Trinajstić information content (AvgIpc) is 3.10. The zero-order chi connectivity index (χ0) is 14.8. The summed E-state index contributed by atoms with van der Waals surface area (Å²) >= 11 is 0. The molecule has 2 fully saturated rings. The summed E-state index contributed by atoms with van der Waals surface area (Å²) in [7, 11) is 0. The van der Waals surface area contributed by atoms with Gasteiger partial charge in [0.25, 0.3) is 0 Å². The standard InChI is InChI=1S/C16H21N3O2.ClH/c1-11-10-12(18-16(21)13-4-2-8-17-13)6-7-14(11)19-9-3-5-15(19)20;/h6-7,10,13,17H,2-5,8-9H2,1H3,(H,18,21);1H. The van der Waals surface area contributed by atoms with Gasteiger partial charge < -0.3 is 15.5 Å². The predicted octanol–water partition coefficient (Wildman–Crippen LogP) is 2.23. The number of rotatable bonds is 3. The largest absolute Gasteiger partial charge is 0.325 e. The van der Waals surface area contributed by atoms with Crippen molar-refractivity contribution in [2.75, 3.05) is 23.3 Å². The van der Waals surface area contributed by atoms with Gasteiger partial charge in [-0.15, -0.1) is 12.4 Å². The Morgan fingerprint density at radius 3 is 2.77 bits per heavy atom. The summed E-state index contributed by atoms with van der Waals surface area (Å²) in [4.78, 5) is 25.7. The Bertz CT molecular complexity index is 571. The maximum Gasteiger partial charge on any atom is 0.241 e. The molecule has 5 nitrogen and oxygen atoms in total. The van der Waals surface area contributed by atoms with Crippen LogP contribution in [-0.4, -0.2) is 30.9 Å². The van der Waals surface area contributed by atoms with Gasteiger partial charge in [-0.3, -0.25) is 9.59 Å². The molecule has 2 aliphatic heterocycles. The molecule has 2 heterocycles. The fourth-order valence-corrected chi connectivity index (χ4v) is 3.08. The Labute approximate surface area is 136 Å². The molecule has 3 rings (SSSR count). The summed E-state index contributed by atoms with van der Waals surface area (Å²) in [6.07, 6.45) is 3.49. The van der Waals surface area contributed by atoms with Gasteiger partial charge in [-0.1, -0.05) is 0 Å². The van der Waals surface area contributed by atoms with E-state index in [0.717, 1.165) is 49.3 Å². The molecule has 2 N–H and O–H groups in total. The maximum atomic E-state index is 12.1. The van der Waals surface area contributed by atoms with E-state index < -0.39 is 0 Å². The van der Waals surface area contributed by atoms with Crippen molar-refractivity contribution < 1.29 is 9.59 Å². The molecular weight excluding hydrogens is 302 g/mol. The molecule has 2 amide bonds. The number of amides is 2. The molecule has 0 saturated carbocycles. The molecule has 6 heteroatoms. The topological polar surface area (TPSA) is 61.4 Å². The van der Waals surface area contributed by atoms with E-state index in [-0.39, 0.29) is 30.3 Å². The number of aryl methyl sites for hydroxylation is 1. The van der Waals surface area contributed by atoms with E-state index in [1.165, 1.54) is 0 Å². The third-order valence-electron chi connectivity index (χ3n) is 4.21. The molecule has 0 aliphatic carbocycles. The lowest BCUT2D eigenvalue weighted by Gasteiger charge is -2.19. The number of carbonyl (C=O) groups excluding carboxylic acids is 2. The van der Waals surface area contributed by atoms with Crippen molar-refractivity contribution in [2.24, 2.45) is 0 Å². The van der Waals surface area contributed by atoms with E-state index in [9.17, 15) is 9.59 Å². The first-order valence-electron chi connectivity index (χ1n) is 7.60. The summed E-state index contributed by atoms with van der Waals surface area (Å²) in [5, 5.41) is 6.14. The van der Waals surface area contributed by atoms with Crippen molar-refractivity contribution in [3.63, 3.8) is 0 Å². The lowest BCUT2D eigenvalue weighted by Crippen LogP contribution is -2.35. The van der Waals surface area contributed by atoms with Crippen molar-refractivity contribution in [1.29, 1.82) is 0 Å². The Morgan fingerprint density at radius 2 is 2.18 bits per heavy atom. The smallest absolute Gasteiger partial charge is 0.241 e. The van der Waals surface area contributed by atoms with Crippen molar-refractivity contribution in [3.05, 3.63) is 23.8 Å².